The monoisotopic (exact) mass is 465 g/mol. The van der Waals surface area contributed by atoms with E-state index in [1.165, 1.54) is 12.1 Å². The summed E-state index contributed by atoms with van der Waals surface area (Å²) >= 11 is 0. The van der Waals surface area contributed by atoms with E-state index in [4.69, 9.17) is 4.74 Å². The number of hydrogen-bond acceptors (Lipinski definition) is 6. The lowest BCUT2D eigenvalue weighted by Gasteiger charge is -2.42. The van der Waals surface area contributed by atoms with Crippen LogP contribution in [-0.2, 0) is 4.74 Å². The topological polar surface area (TPSA) is 90.6 Å². The van der Waals surface area contributed by atoms with Crippen LogP contribution in [0.5, 0.6) is 0 Å². The van der Waals surface area contributed by atoms with Crippen molar-refractivity contribution in [2.45, 2.75) is 18.4 Å². The molecule has 0 saturated carbocycles. The predicted molar refractivity (Wildman–Crippen MR) is 128 cm³/mol. The number of benzene rings is 1. The number of aromatic amines is 1. The summed E-state index contributed by atoms with van der Waals surface area (Å²) in [5, 5.41) is 3.69. The van der Waals surface area contributed by atoms with Crippen LogP contribution in [0.3, 0.4) is 0 Å². The van der Waals surface area contributed by atoms with E-state index in [-0.39, 0.29) is 23.4 Å². The molecule has 2 aliphatic heterocycles. The Morgan fingerprint density at radius 3 is 2.71 bits per heavy atom. The van der Waals surface area contributed by atoms with Gasteiger partial charge in [0.25, 0.3) is 11.5 Å². The molecule has 9 heteroatoms. The lowest BCUT2D eigenvalue weighted by atomic mass is 9.92. The Labute approximate surface area is 196 Å². The maximum absolute atomic E-state index is 13.5. The maximum Gasteiger partial charge on any atom is 0.269 e. The van der Waals surface area contributed by atoms with Crippen LogP contribution in [-0.4, -0.2) is 73.3 Å². The van der Waals surface area contributed by atoms with E-state index in [2.05, 4.69) is 25.1 Å². The number of halogens is 1. The number of nitrogens with zero attached hydrogens (tertiary/aromatic N) is 3. The molecule has 2 aromatic heterocycles. The molecule has 3 aromatic rings. The first-order valence-electron chi connectivity index (χ1n) is 11.6. The lowest BCUT2D eigenvalue weighted by molar-refractivity contribution is 0.00294. The number of piperazine rings is 1. The summed E-state index contributed by atoms with van der Waals surface area (Å²) in [6.07, 6.45) is 2.65. The number of fused-ring (bicyclic) bond motifs is 1. The average Bonchev–Trinajstić information content (AvgIpc) is 2.89. The van der Waals surface area contributed by atoms with Gasteiger partial charge in [0.15, 0.2) is 0 Å². The summed E-state index contributed by atoms with van der Waals surface area (Å²) < 4.78 is 19.5. The van der Waals surface area contributed by atoms with Crippen LogP contribution in [0.25, 0.3) is 10.8 Å². The van der Waals surface area contributed by atoms with Crippen LogP contribution in [0.15, 0.2) is 47.4 Å². The number of pyridine rings is 2. The molecule has 0 radical (unpaired) electrons. The van der Waals surface area contributed by atoms with Gasteiger partial charge in [-0.1, -0.05) is 6.07 Å². The second-order valence-electron chi connectivity index (χ2n) is 8.91. The molecule has 2 fully saturated rings. The summed E-state index contributed by atoms with van der Waals surface area (Å²) in [7, 11) is 1.59. The highest BCUT2D eigenvalue weighted by Gasteiger charge is 2.31. The number of carbonyl (C=O) groups excluding carboxylic acids is 1. The molecule has 34 heavy (non-hydrogen) atoms. The number of rotatable bonds is 4. The van der Waals surface area contributed by atoms with Gasteiger partial charge in [0.05, 0.1) is 25.1 Å². The largest absolute Gasteiger partial charge is 0.379 e. The predicted octanol–water partition coefficient (Wildman–Crippen LogP) is 2.12. The van der Waals surface area contributed by atoms with E-state index < -0.39 is 5.82 Å². The van der Waals surface area contributed by atoms with Crippen LogP contribution in [0.2, 0.25) is 0 Å². The van der Waals surface area contributed by atoms with Crippen LogP contribution < -0.4 is 15.8 Å². The van der Waals surface area contributed by atoms with Gasteiger partial charge in [-0.3, -0.25) is 14.5 Å². The molecular formula is C25H28FN5O3. The lowest BCUT2D eigenvalue weighted by Crippen LogP contribution is -2.53. The van der Waals surface area contributed by atoms with Crippen molar-refractivity contribution in [2.24, 2.45) is 0 Å². The Morgan fingerprint density at radius 2 is 1.97 bits per heavy atom. The highest BCUT2D eigenvalue weighted by Crippen LogP contribution is 2.29. The van der Waals surface area contributed by atoms with Crippen LogP contribution in [0.1, 0.15) is 28.5 Å². The Morgan fingerprint density at radius 1 is 1.15 bits per heavy atom. The van der Waals surface area contributed by atoms with Gasteiger partial charge in [-0.15, -0.1) is 0 Å². The first-order valence-corrected chi connectivity index (χ1v) is 11.6. The highest BCUT2D eigenvalue weighted by atomic mass is 19.1. The number of carbonyl (C=O) groups is 1. The molecule has 2 atom stereocenters. The van der Waals surface area contributed by atoms with Crippen molar-refractivity contribution >= 4 is 22.4 Å². The standard InChI is InChI=1S/C25H28FN5O3/c1-27-25(33)22-5-4-19(13-28-22)30-6-8-31(9-7-30)20-10-17(14-34-15-20)23-11-16-2-3-18(26)12-21(16)24(32)29-23/h2-5,11-13,17,20H,6-10,14-15H2,1H3,(H,27,33)(H,29,32)/t17-,20-/m0/s1. The molecule has 8 nitrogen and oxygen atoms in total. The average molecular weight is 466 g/mol. The quantitative estimate of drug-likeness (QED) is 0.614. The summed E-state index contributed by atoms with van der Waals surface area (Å²) in [5.41, 5.74) is 2.00. The summed E-state index contributed by atoms with van der Waals surface area (Å²) in [4.78, 5) is 36.2. The van der Waals surface area contributed by atoms with E-state index in [1.807, 2.05) is 12.1 Å². The van der Waals surface area contributed by atoms with E-state index in [0.29, 0.717) is 24.3 Å². The van der Waals surface area contributed by atoms with Gasteiger partial charge in [0.2, 0.25) is 0 Å². The Kier molecular flexibility index (Phi) is 6.30. The van der Waals surface area contributed by atoms with E-state index >= 15 is 0 Å². The number of aromatic nitrogens is 2. The smallest absolute Gasteiger partial charge is 0.269 e. The van der Waals surface area contributed by atoms with Gasteiger partial charge in [-0.05, 0) is 42.1 Å². The molecule has 1 aromatic carbocycles. The fourth-order valence-electron chi connectivity index (χ4n) is 4.94. The Hall–Kier alpha value is -3.30. The maximum atomic E-state index is 13.5. The minimum atomic E-state index is -0.413. The summed E-state index contributed by atoms with van der Waals surface area (Å²) in [5.74, 6) is -0.521. The second-order valence-corrected chi connectivity index (χ2v) is 8.91. The molecule has 5 rings (SSSR count). The van der Waals surface area contributed by atoms with Gasteiger partial charge in [0.1, 0.15) is 11.5 Å². The normalized spacial score (nSPS) is 21.5. The van der Waals surface area contributed by atoms with E-state index in [1.54, 1.807) is 25.4 Å². The zero-order valence-electron chi connectivity index (χ0n) is 19.1. The van der Waals surface area contributed by atoms with Crippen molar-refractivity contribution in [3.63, 3.8) is 0 Å². The van der Waals surface area contributed by atoms with Gasteiger partial charge < -0.3 is 19.9 Å². The first-order chi connectivity index (χ1) is 16.5. The van der Waals surface area contributed by atoms with Crippen molar-refractivity contribution in [3.8, 4) is 0 Å². The number of hydrogen-bond donors (Lipinski definition) is 2. The third kappa shape index (κ3) is 4.53. The zero-order valence-corrected chi connectivity index (χ0v) is 19.1. The van der Waals surface area contributed by atoms with Crippen LogP contribution in [0, 0.1) is 5.82 Å². The third-order valence-electron chi connectivity index (χ3n) is 6.86. The number of nitrogens with one attached hydrogen (secondary N) is 2. The molecule has 1 amide bonds. The zero-order chi connectivity index (χ0) is 23.7. The van der Waals surface area contributed by atoms with Gasteiger partial charge in [-0.25, -0.2) is 9.37 Å². The first kappa shape index (κ1) is 22.5. The summed E-state index contributed by atoms with van der Waals surface area (Å²) in [6.45, 7) is 4.74. The van der Waals surface area contributed by atoms with Crippen molar-refractivity contribution in [1.29, 1.82) is 0 Å². The molecular weight excluding hydrogens is 437 g/mol. The van der Waals surface area contributed by atoms with Crippen LogP contribution in [0.4, 0.5) is 10.1 Å². The molecule has 2 saturated heterocycles. The van der Waals surface area contributed by atoms with Gasteiger partial charge >= 0.3 is 0 Å². The number of amides is 1. The van der Waals surface area contributed by atoms with Crippen LogP contribution >= 0.6 is 0 Å². The molecule has 0 aliphatic carbocycles. The number of anilines is 1. The van der Waals surface area contributed by atoms with Gasteiger partial charge in [0, 0.05) is 56.3 Å². The minimum Gasteiger partial charge on any atom is -0.379 e. The fraction of sp³-hybridized carbons (Fsp3) is 0.400. The van der Waals surface area contributed by atoms with Crippen molar-refractivity contribution in [2.75, 3.05) is 51.3 Å². The minimum absolute atomic E-state index is 0.0837. The number of ether oxygens (including phenoxy) is 1. The number of H-pyrrole nitrogens is 1. The van der Waals surface area contributed by atoms with Gasteiger partial charge in [-0.2, -0.15) is 0 Å². The highest BCUT2D eigenvalue weighted by molar-refractivity contribution is 5.92. The molecule has 0 unspecified atom stereocenters. The Balaban J connectivity index is 1.23. The van der Waals surface area contributed by atoms with E-state index in [9.17, 15) is 14.0 Å². The summed E-state index contributed by atoms with van der Waals surface area (Å²) in [6, 6.07) is 10.2. The second kappa shape index (κ2) is 9.52. The van der Waals surface area contributed by atoms with Crippen molar-refractivity contribution in [1.82, 2.24) is 20.2 Å². The Bertz CT molecular complexity index is 1240. The van der Waals surface area contributed by atoms with Crippen molar-refractivity contribution < 1.29 is 13.9 Å². The molecule has 178 valence electrons. The molecule has 0 spiro atoms. The molecule has 4 heterocycles. The third-order valence-corrected chi connectivity index (χ3v) is 6.86. The SMILES string of the molecule is CNC(=O)c1ccc(N2CCN([C@@H]3COC[C@@H](c4cc5ccc(F)cc5c(=O)[nH]4)C3)CC2)cn1. The fourth-order valence-corrected chi connectivity index (χ4v) is 4.94. The van der Waals surface area contributed by atoms with Crippen molar-refractivity contribution in [3.05, 3.63) is 70.2 Å². The van der Waals surface area contributed by atoms with E-state index in [0.717, 1.165) is 49.4 Å². The molecule has 2 aliphatic rings. The molecule has 0 bridgehead atoms. The molecule has 2 N–H and O–H groups in total.